The van der Waals surface area contributed by atoms with Gasteiger partial charge in [0.15, 0.2) is 10.4 Å². The number of nitrogens with one attached hydrogen (secondary N) is 2. The molecule has 1 aliphatic heterocycles. The molecule has 2 aromatic rings. The Morgan fingerprint density at radius 1 is 1.20 bits per heavy atom. The Morgan fingerprint density at radius 3 is 2.56 bits per heavy atom. The lowest BCUT2D eigenvalue weighted by Gasteiger charge is -2.11. The van der Waals surface area contributed by atoms with E-state index in [-0.39, 0.29) is 23.3 Å². The van der Waals surface area contributed by atoms with E-state index in [4.69, 9.17) is 9.15 Å². The van der Waals surface area contributed by atoms with Crippen LogP contribution in [0.1, 0.15) is 23.4 Å². The monoisotopic (exact) mass is 428 g/mol. The van der Waals surface area contributed by atoms with Crippen LogP contribution >= 0.6 is 15.9 Å². The zero-order chi connectivity index (χ0) is 17.9. The molecule has 2 heterocycles. The first kappa shape index (κ1) is 18.1. The largest absolute Gasteiger partial charge is 0.444 e. The minimum Gasteiger partial charge on any atom is -0.444 e. The standard InChI is InChI=1S/C16H17BrN2O5S/c17-15-8-7-14(24-15)16(20)19-11-3-5-13(6-4-11)25(21,22)18-10-12-2-1-9-23-12/h3-8,12,18H,1-2,9-10H2,(H,19,20)/t12-/m1/s1. The molecule has 25 heavy (non-hydrogen) atoms. The Kier molecular flexibility index (Phi) is 5.57. The predicted molar refractivity (Wildman–Crippen MR) is 95.0 cm³/mol. The van der Waals surface area contributed by atoms with Crippen molar-refractivity contribution in [3.8, 4) is 0 Å². The fraction of sp³-hybridized carbons (Fsp3) is 0.312. The Morgan fingerprint density at radius 2 is 1.96 bits per heavy atom. The molecule has 1 aliphatic rings. The average Bonchev–Trinajstić information content (AvgIpc) is 3.25. The molecule has 1 saturated heterocycles. The van der Waals surface area contributed by atoms with Crippen LogP contribution in [0.4, 0.5) is 5.69 Å². The maximum absolute atomic E-state index is 12.3. The third kappa shape index (κ3) is 4.69. The van der Waals surface area contributed by atoms with Gasteiger partial charge in [0, 0.05) is 18.8 Å². The molecule has 0 unspecified atom stereocenters. The van der Waals surface area contributed by atoms with Crippen LogP contribution in [0.25, 0.3) is 0 Å². The molecule has 2 N–H and O–H groups in total. The molecule has 7 nitrogen and oxygen atoms in total. The van der Waals surface area contributed by atoms with Crippen molar-refractivity contribution in [1.29, 1.82) is 0 Å². The number of hydrogen-bond donors (Lipinski definition) is 2. The third-order valence-electron chi connectivity index (χ3n) is 3.74. The second-order valence-corrected chi connectivity index (χ2v) is 8.12. The van der Waals surface area contributed by atoms with Crippen molar-refractivity contribution in [1.82, 2.24) is 4.72 Å². The summed E-state index contributed by atoms with van der Waals surface area (Å²) < 4.78 is 38.1. The van der Waals surface area contributed by atoms with E-state index in [1.54, 1.807) is 6.07 Å². The lowest BCUT2D eigenvalue weighted by atomic mass is 10.2. The Hall–Kier alpha value is -1.68. The van der Waals surface area contributed by atoms with Gasteiger partial charge >= 0.3 is 0 Å². The van der Waals surface area contributed by atoms with Crippen LogP contribution in [0.2, 0.25) is 0 Å². The molecule has 1 aromatic heterocycles. The number of sulfonamides is 1. The van der Waals surface area contributed by atoms with Crippen LogP contribution in [-0.2, 0) is 14.8 Å². The quantitative estimate of drug-likeness (QED) is 0.736. The first-order valence-electron chi connectivity index (χ1n) is 7.72. The summed E-state index contributed by atoms with van der Waals surface area (Å²) in [4.78, 5) is 12.1. The van der Waals surface area contributed by atoms with Gasteiger partial charge in [-0.2, -0.15) is 0 Å². The second kappa shape index (κ2) is 7.69. The van der Waals surface area contributed by atoms with Gasteiger partial charge in [-0.25, -0.2) is 13.1 Å². The van der Waals surface area contributed by atoms with Crippen molar-refractivity contribution in [3.05, 3.63) is 46.8 Å². The number of benzene rings is 1. The lowest BCUT2D eigenvalue weighted by Crippen LogP contribution is -2.31. The Labute approximate surface area is 153 Å². The molecule has 1 amide bonds. The topological polar surface area (TPSA) is 97.6 Å². The molecular weight excluding hydrogens is 412 g/mol. The molecule has 1 atom stereocenters. The molecule has 1 aromatic carbocycles. The van der Waals surface area contributed by atoms with Gasteiger partial charge in [0.05, 0.1) is 11.0 Å². The molecule has 0 spiro atoms. The number of carbonyl (C=O) groups excluding carboxylic acids is 1. The summed E-state index contributed by atoms with van der Waals surface area (Å²) >= 11 is 3.13. The molecule has 0 saturated carbocycles. The second-order valence-electron chi connectivity index (χ2n) is 5.57. The number of halogens is 1. The molecule has 0 radical (unpaired) electrons. The normalized spacial score (nSPS) is 17.6. The van der Waals surface area contributed by atoms with Crippen molar-refractivity contribution in [2.45, 2.75) is 23.8 Å². The van der Waals surface area contributed by atoms with Gasteiger partial charge in [0.1, 0.15) is 0 Å². The molecule has 0 bridgehead atoms. The van der Waals surface area contributed by atoms with Gasteiger partial charge < -0.3 is 14.5 Å². The van der Waals surface area contributed by atoms with Gasteiger partial charge in [-0.05, 0) is 65.2 Å². The summed E-state index contributed by atoms with van der Waals surface area (Å²) in [7, 11) is -3.61. The molecular formula is C16H17BrN2O5S. The van der Waals surface area contributed by atoms with Gasteiger partial charge in [-0.1, -0.05) is 0 Å². The molecule has 3 rings (SSSR count). The zero-order valence-corrected chi connectivity index (χ0v) is 15.6. The summed E-state index contributed by atoms with van der Waals surface area (Å²) in [5, 5.41) is 2.64. The van der Waals surface area contributed by atoms with E-state index >= 15 is 0 Å². The number of amides is 1. The van der Waals surface area contributed by atoms with E-state index in [1.165, 1.54) is 30.3 Å². The van der Waals surface area contributed by atoms with Crippen molar-refractivity contribution in [2.75, 3.05) is 18.5 Å². The van der Waals surface area contributed by atoms with Crippen LogP contribution in [-0.4, -0.2) is 33.6 Å². The predicted octanol–water partition coefficient (Wildman–Crippen LogP) is 2.75. The average molecular weight is 429 g/mol. The lowest BCUT2D eigenvalue weighted by molar-refractivity contribution is 0.0995. The highest BCUT2D eigenvalue weighted by Gasteiger charge is 2.20. The number of rotatable bonds is 6. The van der Waals surface area contributed by atoms with Crippen LogP contribution in [0.5, 0.6) is 0 Å². The Bertz CT molecular complexity index is 842. The molecule has 0 aliphatic carbocycles. The maximum atomic E-state index is 12.3. The van der Waals surface area contributed by atoms with Gasteiger partial charge in [0.25, 0.3) is 5.91 Å². The first-order chi connectivity index (χ1) is 11.9. The molecule has 9 heteroatoms. The van der Waals surface area contributed by atoms with Crippen molar-refractivity contribution < 1.29 is 22.4 Å². The summed E-state index contributed by atoms with van der Waals surface area (Å²) in [6.07, 6.45) is 1.74. The zero-order valence-electron chi connectivity index (χ0n) is 13.2. The maximum Gasteiger partial charge on any atom is 0.291 e. The van der Waals surface area contributed by atoms with Crippen molar-refractivity contribution in [3.63, 3.8) is 0 Å². The number of carbonyl (C=O) groups is 1. The van der Waals surface area contributed by atoms with Crippen LogP contribution < -0.4 is 10.0 Å². The highest BCUT2D eigenvalue weighted by atomic mass is 79.9. The smallest absolute Gasteiger partial charge is 0.291 e. The van der Waals surface area contributed by atoms with Crippen molar-refractivity contribution >= 4 is 37.5 Å². The van der Waals surface area contributed by atoms with Gasteiger partial charge in [-0.3, -0.25) is 4.79 Å². The number of hydrogen-bond acceptors (Lipinski definition) is 5. The Balaban J connectivity index is 1.61. The van der Waals surface area contributed by atoms with E-state index < -0.39 is 15.9 Å². The van der Waals surface area contributed by atoms with E-state index in [9.17, 15) is 13.2 Å². The van der Waals surface area contributed by atoms with E-state index in [0.29, 0.717) is 17.0 Å². The minimum absolute atomic E-state index is 0.0686. The summed E-state index contributed by atoms with van der Waals surface area (Å²) in [6.45, 7) is 0.932. The van der Waals surface area contributed by atoms with Crippen LogP contribution in [0.3, 0.4) is 0 Å². The van der Waals surface area contributed by atoms with E-state index in [2.05, 4.69) is 26.0 Å². The fourth-order valence-electron chi connectivity index (χ4n) is 2.44. The number of ether oxygens (including phenoxy) is 1. The van der Waals surface area contributed by atoms with Gasteiger partial charge in [0.2, 0.25) is 10.0 Å². The molecule has 134 valence electrons. The minimum atomic E-state index is -3.61. The number of furan rings is 1. The highest BCUT2D eigenvalue weighted by Crippen LogP contribution is 2.18. The van der Waals surface area contributed by atoms with Crippen LogP contribution in [0.15, 0.2) is 50.4 Å². The molecule has 1 fully saturated rings. The summed E-state index contributed by atoms with van der Waals surface area (Å²) in [5.41, 5.74) is 0.468. The SMILES string of the molecule is O=C(Nc1ccc(S(=O)(=O)NC[C@H]2CCCO2)cc1)c1ccc(Br)o1. The summed E-state index contributed by atoms with van der Waals surface area (Å²) in [5.74, 6) is -0.264. The van der Waals surface area contributed by atoms with Gasteiger partial charge in [-0.15, -0.1) is 0 Å². The van der Waals surface area contributed by atoms with Crippen molar-refractivity contribution in [2.24, 2.45) is 0 Å². The van der Waals surface area contributed by atoms with E-state index in [0.717, 1.165) is 12.8 Å². The third-order valence-corrected chi connectivity index (χ3v) is 5.61. The first-order valence-corrected chi connectivity index (χ1v) is 10.00. The number of anilines is 1. The van der Waals surface area contributed by atoms with Crippen LogP contribution in [0, 0.1) is 0 Å². The summed E-state index contributed by atoms with van der Waals surface area (Å²) in [6, 6.07) is 9.07. The highest BCUT2D eigenvalue weighted by molar-refractivity contribution is 9.10. The fourth-order valence-corrected chi connectivity index (χ4v) is 3.81. The van der Waals surface area contributed by atoms with E-state index in [1.807, 2.05) is 0 Å².